The monoisotopic (exact) mass is 370 g/mol. The molecule has 3 aromatic carbocycles. The van der Waals surface area contributed by atoms with E-state index in [0.29, 0.717) is 11.3 Å². The van der Waals surface area contributed by atoms with Crippen molar-refractivity contribution in [3.05, 3.63) is 103 Å². The molecule has 0 spiro atoms. The number of benzene rings is 3. The van der Waals surface area contributed by atoms with Crippen LogP contribution in [0.4, 0.5) is 4.39 Å². The van der Waals surface area contributed by atoms with Gasteiger partial charge in [0.1, 0.15) is 5.82 Å². The lowest BCUT2D eigenvalue weighted by atomic mass is 10.0. The molecule has 0 fully saturated rings. The summed E-state index contributed by atoms with van der Waals surface area (Å²) in [6.07, 6.45) is 5.05. The Bertz CT molecular complexity index is 1100. The van der Waals surface area contributed by atoms with Crippen molar-refractivity contribution in [2.24, 2.45) is 0 Å². The molecule has 0 radical (unpaired) electrons. The van der Waals surface area contributed by atoms with Gasteiger partial charge in [0.25, 0.3) is 0 Å². The predicted molar refractivity (Wildman–Crippen MR) is 110 cm³/mol. The third-order valence-corrected chi connectivity index (χ3v) is 4.53. The molecule has 0 N–H and O–H groups in total. The van der Waals surface area contributed by atoms with Crippen molar-refractivity contribution in [1.29, 1.82) is 0 Å². The Morgan fingerprint density at radius 1 is 0.857 bits per heavy atom. The van der Waals surface area contributed by atoms with Crippen LogP contribution in [0.1, 0.15) is 5.56 Å². The van der Waals surface area contributed by atoms with Crippen molar-refractivity contribution in [2.45, 2.75) is 0 Å². The molecule has 0 saturated carbocycles. The molecular formula is C24H19FN2O. The minimum Gasteiger partial charge on any atom is -0.504 e. The molecule has 0 bridgehead atoms. The molecule has 28 heavy (non-hydrogen) atoms. The zero-order chi connectivity index (χ0) is 19.3. The zero-order valence-corrected chi connectivity index (χ0v) is 15.4. The Balaban J connectivity index is 1.81. The molecule has 0 aliphatic heterocycles. The Hall–Kier alpha value is -3.66. The summed E-state index contributed by atoms with van der Waals surface area (Å²) < 4.78 is 21.3. The molecule has 1 heterocycles. The summed E-state index contributed by atoms with van der Waals surface area (Å²) >= 11 is 0. The largest absolute Gasteiger partial charge is 0.504 e. The molecular weight excluding hydrogens is 351 g/mol. The van der Waals surface area contributed by atoms with Gasteiger partial charge in [-0.1, -0.05) is 54.6 Å². The van der Waals surface area contributed by atoms with Gasteiger partial charge in [0.15, 0.2) is 0 Å². The number of aromatic nitrogens is 2. The van der Waals surface area contributed by atoms with E-state index in [9.17, 15) is 4.39 Å². The Morgan fingerprint density at radius 3 is 2.25 bits per heavy atom. The van der Waals surface area contributed by atoms with E-state index in [-0.39, 0.29) is 5.82 Å². The van der Waals surface area contributed by atoms with Gasteiger partial charge in [-0.2, -0.15) is 5.10 Å². The summed E-state index contributed by atoms with van der Waals surface area (Å²) in [5.74, 6) is -0.294. The summed E-state index contributed by atoms with van der Waals surface area (Å²) in [6, 6.07) is 24.9. The maximum atomic E-state index is 14.5. The number of ether oxygens (including phenoxy) is 1. The van der Waals surface area contributed by atoms with Gasteiger partial charge < -0.3 is 4.74 Å². The first kappa shape index (κ1) is 17.7. The van der Waals surface area contributed by atoms with Gasteiger partial charge >= 0.3 is 0 Å². The second-order valence-electron chi connectivity index (χ2n) is 6.29. The van der Waals surface area contributed by atoms with Crippen LogP contribution in [0.2, 0.25) is 0 Å². The van der Waals surface area contributed by atoms with E-state index < -0.39 is 0 Å². The first-order chi connectivity index (χ1) is 13.8. The molecule has 0 amide bonds. The highest BCUT2D eigenvalue weighted by atomic mass is 19.1. The van der Waals surface area contributed by atoms with Crippen LogP contribution in [0.3, 0.4) is 0 Å². The topological polar surface area (TPSA) is 27.1 Å². The average molecular weight is 370 g/mol. The van der Waals surface area contributed by atoms with Crippen LogP contribution < -0.4 is 0 Å². The summed E-state index contributed by atoms with van der Waals surface area (Å²) in [7, 11) is 1.58. The number of nitrogens with zero attached hydrogens (tertiary/aromatic N) is 2. The minimum atomic E-state index is -0.294. The molecule has 4 aromatic rings. The summed E-state index contributed by atoms with van der Waals surface area (Å²) in [6.45, 7) is 0. The van der Waals surface area contributed by atoms with Gasteiger partial charge in [-0.25, -0.2) is 9.07 Å². The zero-order valence-electron chi connectivity index (χ0n) is 15.4. The predicted octanol–water partition coefficient (Wildman–Crippen LogP) is 5.96. The fraction of sp³-hybridized carbons (Fsp3) is 0.0417. The molecule has 1 aromatic heterocycles. The van der Waals surface area contributed by atoms with E-state index in [4.69, 9.17) is 4.74 Å². The Kier molecular flexibility index (Phi) is 5.02. The fourth-order valence-corrected chi connectivity index (χ4v) is 3.17. The minimum absolute atomic E-state index is 0.294. The lowest BCUT2D eigenvalue weighted by molar-refractivity contribution is 0.341. The van der Waals surface area contributed by atoms with E-state index >= 15 is 0 Å². The normalized spacial score (nSPS) is 11.1. The average Bonchev–Trinajstić information content (AvgIpc) is 3.17. The summed E-state index contributed by atoms with van der Waals surface area (Å²) in [4.78, 5) is 0. The second kappa shape index (κ2) is 7.92. The maximum absolute atomic E-state index is 14.5. The molecule has 0 unspecified atom stereocenters. The van der Waals surface area contributed by atoms with E-state index in [1.807, 2.05) is 48.5 Å². The van der Waals surface area contributed by atoms with Gasteiger partial charge in [0.05, 0.1) is 31.0 Å². The van der Waals surface area contributed by atoms with Gasteiger partial charge in [0, 0.05) is 11.1 Å². The van der Waals surface area contributed by atoms with Crippen LogP contribution in [0.25, 0.3) is 34.1 Å². The van der Waals surface area contributed by atoms with Crippen molar-refractivity contribution in [3.63, 3.8) is 0 Å². The highest BCUT2D eigenvalue weighted by Gasteiger charge is 2.16. The quantitative estimate of drug-likeness (QED) is 0.405. The fourth-order valence-electron chi connectivity index (χ4n) is 3.17. The second-order valence-corrected chi connectivity index (χ2v) is 6.29. The van der Waals surface area contributed by atoms with Gasteiger partial charge in [0.2, 0.25) is 0 Å². The molecule has 138 valence electrons. The van der Waals surface area contributed by atoms with Crippen LogP contribution >= 0.6 is 0 Å². The smallest absolute Gasteiger partial charge is 0.132 e. The third-order valence-electron chi connectivity index (χ3n) is 4.53. The molecule has 0 aliphatic carbocycles. The third kappa shape index (κ3) is 3.45. The highest BCUT2D eigenvalue weighted by molar-refractivity contribution is 5.74. The van der Waals surface area contributed by atoms with Crippen molar-refractivity contribution in [1.82, 2.24) is 9.78 Å². The summed E-state index contributed by atoms with van der Waals surface area (Å²) in [5, 5.41) is 4.50. The van der Waals surface area contributed by atoms with Crippen molar-refractivity contribution >= 4 is 6.08 Å². The van der Waals surface area contributed by atoms with Gasteiger partial charge in [-0.3, -0.25) is 0 Å². The van der Waals surface area contributed by atoms with Crippen molar-refractivity contribution in [3.8, 4) is 28.1 Å². The lowest BCUT2D eigenvalue weighted by Gasteiger charge is -2.11. The van der Waals surface area contributed by atoms with Gasteiger partial charge in [-0.05, 0) is 41.5 Å². The first-order valence-electron chi connectivity index (χ1n) is 8.96. The van der Waals surface area contributed by atoms with Crippen LogP contribution in [0.15, 0.2) is 91.3 Å². The Labute approximate surface area is 163 Å². The first-order valence-corrected chi connectivity index (χ1v) is 8.96. The molecule has 0 atom stereocenters. The number of hydrogen-bond donors (Lipinski definition) is 0. The molecule has 4 heteroatoms. The number of methoxy groups -OCH3 is 1. The van der Waals surface area contributed by atoms with E-state index in [1.54, 1.807) is 42.5 Å². The maximum Gasteiger partial charge on any atom is 0.132 e. The van der Waals surface area contributed by atoms with Gasteiger partial charge in [-0.15, -0.1) is 0 Å². The van der Waals surface area contributed by atoms with Crippen LogP contribution in [0.5, 0.6) is 0 Å². The molecule has 0 saturated heterocycles. The molecule has 3 nitrogen and oxygen atoms in total. The van der Waals surface area contributed by atoms with Crippen molar-refractivity contribution < 1.29 is 9.13 Å². The Morgan fingerprint density at radius 2 is 1.54 bits per heavy atom. The molecule has 0 aliphatic rings. The number of halogens is 1. The lowest BCUT2D eigenvalue weighted by Crippen LogP contribution is -2.00. The van der Waals surface area contributed by atoms with E-state index in [0.717, 1.165) is 22.4 Å². The highest BCUT2D eigenvalue weighted by Crippen LogP contribution is 2.30. The van der Waals surface area contributed by atoms with Crippen LogP contribution in [-0.2, 0) is 4.74 Å². The van der Waals surface area contributed by atoms with E-state index in [1.165, 1.54) is 6.07 Å². The number of hydrogen-bond acceptors (Lipinski definition) is 2. The number of rotatable bonds is 5. The van der Waals surface area contributed by atoms with Crippen LogP contribution in [0, 0.1) is 5.82 Å². The van der Waals surface area contributed by atoms with Crippen LogP contribution in [-0.4, -0.2) is 16.9 Å². The summed E-state index contributed by atoms with van der Waals surface area (Å²) in [5.41, 5.74) is 5.06. The standard InChI is InChI=1S/C24H19FN2O/c1-28-16-15-20-17-26-27(24(20)22-9-5-6-10-23(22)25)21-13-11-19(12-14-21)18-7-3-2-4-8-18/h2-17H,1H3. The molecule has 4 rings (SSSR count). The SMILES string of the molecule is COC=Cc1cnn(-c2ccc(-c3ccccc3)cc2)c1-c1ccccc1F. The van der Waals surface area contributed by atoms with E-state index in [2.05, 4.69) is 17.2 Å². The van der Waals surface area contributed by atoms with Crippen molar-refractivity contribution in [2.75, 3.05) is 7.11 Å².